The fraction of sp³-hybridized carbons (Fsp3) is 0.162. The SMILES string of the molecule is CC(=O)Oc1cc(O)cc(-c2nc3ccccc3c(=O)n2CCCCn2cc(Cn3c(-c4cccc(O)c4)nc4ccccc4c3=O)nn2)c1. The van der Waals surface area contributed by atoms with Crippen LogP contribution in [0, 0.1) is 0 Å². The van der Waals surface area contributed by atoms with E-state index in [4.69, 9.17) is 14.7 Å². The maximum Gasteiger partial charge on any atom is 0.308 e. The molecule has 3 aromatic heterocycles. The third-order valence-electron chi connectivity index (χ3n) is 8.16. The molecule has 13 heteroatoms. The molecular weight excluding hydrogens is 638 g/mol. The number of unbranched alkanes of at least 4 members (excludes halogenated alkanes) is 1. The largest absolute Gasteiger partial charge is 0.508 e. The fourth-order valence-electron chi connectivity index (χ4n) is 5.94. The van der Waals surface area contributed by atoms with E-state index in [2.05, 4.69) is 10.3 Å². The molecule has 13 nitrogen and oxygen atoms in total. The Labute approximate surface area is 284 Å². The summed E-state index contributed by atoms with van der Waals surface area (Å²) in [6, 6.07) is 25.1. The number of esters is 1. The highest BCUT2D eigenvalue weighted by atomic mass is 16.5. The molecule has 0 unspecified atom stereocenters. The van der Waals surface area contributed by atoms with E-state index >= 15 is 0 Å². The summed E-state index contributed by atoms with van der Waals surface area (Å²) in [6.07, 6.45) is 2.98. The normalized spacial score (nSPS) is 11.3. The molecule has 0 saturated carbocycles. The molecule has 0 bridgehead atoms. The Bertz CT molecular complexity index is 2520. The molecule has 0 spiro atoms. The lowest BCUT2D eigenvalue weighted by Gasteiger charge is -2.15. The first-order valence-corrected chi connectivity index (χ1v) is 15.9. The van der Waals surface area contributed by atoms with Crippen LogP contribution in [0.15, 0.2) is 107 Å². The molecule has 250 valence electrons. The average Bonchev–Trinajstić information content (AvgIpc) is 3.55. The predicted molar refractivity (Wildman–Crippen MR) is 186 cm³/mol. The molecule has 7 aromatic rings. The Morgan fingerprint density at radius 2 is 1.36 bits per heavy atom. The van der Waals surface area contributed by atoms with Crippen molar-refractivity contribution in [3.8, 4) is 40.0 Å². The van der Waals surface area contributed by atoms with Crippen molar-refractivity contribution in [2.75, 3.05) is 0 Å². The summed E-state index contributed by atoms with van der Waals surface area (Å²) in [6.45, 7) is 2.19. The van der Waals surface area contributed by atoms with Gasteiger partial charge >= 0.3 is 5.97 Å². The van der Waals surface area contributed by atoms with E-state index in [0.717, 1.165) is 0 Å². The van der Waals surface area contributed by atoms with Crippen LogP contribution < -0.4 is 15.9 Å². The maximum atomic E-state index is 13.7. The summed E-state index contributed by atoms with van der Waals surface area (Å²) in [4.78, 5) is 48.4. The summed E-state index contributed by atoms with van der Waals surface area (Å²) >= 11 is 0. The van der Waals surface area contributed by atoms with Crippen molar-refractivity contribution in [1.29, 1.82) is 0 Å². The van der Waals surface area contributed by atoms with Crippen LogP contribution in [0.3, 0.4) is 0 Å². The molecule has 7 rings (SSSR count). The van der Waals surface area contributed by atoms with Crippen molar-refractivity contribution in [3.63, 3.8) is 0 Å². The van der Waals surface area contributed by atoms with Crippen molar-refractivity contribution in [1.82, 2.24) is 34.1 Å². The van der Waals surface area contributed by atoms with E-state index in [1.807, 2.05) is 6.07 Å². The molecule has 2 N–H and O–H groups in total. The number of aromatic nitrogens is 7. The minimum atomic E-state index is -0.542. The third-order valence-corrected chi connectivity index (χ3v) is 8.16. The molecule has 0 atom stereocenters. The van der Waals surface area contributed by atoms with Gasteiger partial charge in [0, 0.05) is 37.2 Å². The van der Waals surface area contributed by atoms with Gasteiger partial charge in [-0.25, -0.2) is 9.97 Å². The Hall–Kier alpha value is -6.63. The summed E-state index contributed by atoms with van der Waals surface area (Å²) in [7, 11) is 0. The molecule has 3 heterocycles. The van der Waals surface area contributed by atoms with Gasteiger partial charge in [0.05, 0.1) is 34.5 Å². The highest BCUT2D eigenvalue weighted by molar-refractivity contribution is 5.81. The minimum Gasteiger partial charge on any atom is -0.508 e. The van der Waals surface area contributed by atoms with Crippen LogP contribution in [0.4, 0.5) is 0 Å². The van der Waals surface area contributed by atoms with Crippen LogP contribution in [0.25, 0.3) is 44.6 Å². The van der Waals surface area contributed by atoms with Crippen molar-refractivity contribution < 1.29 is 19.7 Å². The van der Waals surface area contributed by atoms with Gasteiger partial charge in [0.1, 0.15) is 34.6 Å². The number of hydrogen-bond donors (Lipinski definition) is 2. The van der Waals surface area contributed by atoms with E-state index in [0.29, 0.717) is 76.2 Å². The number of phenols is 2. The Balaban J connectivity index is 1.11. The van der Waals surface area contributed by atoms with Gasteiger partial charge in [-0.05, 0) is 61.4 Å². The van der Waals surface area contributed by atoms with Gasteiger partial charge in [0.25, 0.3) is 11.1 Å². The van der Waals surface area contributed by atoms with Gasteiger partial charge in [0.2, 0.25) is 0 Å². The van der Waals surface area contributed by atoms with E-state index in [-0.39, 0.29) is 34.9 Å². The van der Waals surface area contributed by atoms with Crippen molar-refractivity contribution in [2.45, 2.75) is 39.4 Å². The first-order valence-electron chi connectivity index (χ1n) is 15.9. The van der Waals surface area contributed by atoms with Crippen LogP contribution in [-0.4, -0.2) is 50.3 Å². The van der Waals surface area contributed by atoms with Crippen molar-refractivity contribution in [3.05, 3.63) is 124 Å². The number of para-hydroxylation sites is 2. The number of carbonyl (C=O) groups excluding carboxylic acids is 1. The lowest BCUT2D eigenvalue weighted by Crippen LogP contribution is -2.24. The molecule has 0 fully saturated rings. The van der Waals surface area contributed by atoms with Gasteiger partial charge < -0.3 is 14.9 Å². The number of aryl methyl sites for hydroxylation is 1. The van der Waals surface area contributed by atoms with E-state index in [1.54, 1.807) is 88.2 Å². The topological polar surface area (TPSA) is 167 Å². The highest BCUT2D eigenvalue weighted by Gasteiger charge is 2.17. The van der Waals surface area contributed by atoms with Crippen molar-refractivity contribution in [2.24, 2.45) is 0 Å². The van der Waals surface area contributed by atoms with Crippen LogP contribution in [0.5, 0.6) is 17.2 Å². The zero-order chi connectivity index (χ0) is 34.8. The van der Waals surface area contributed by atoms with Gasteiger partial charge in [-0.15, -0.1) is 5.10 Å². The second kappa shape index (κ2) is 13.5. The lowest BCUT2D eigenvalue weighted by atomic mass is 10.1. The summed E-state index contributed by atoms with van der Waals surface area (Å²) in [5.41, 5.74) is 2.15. The molecule has 4 aromatic carbocycles. The van der Waals surface area contributed by atoms with E-state index < -0.39 is 5.97 Å². The summed E-state index contributed by atoms with van der Waals surface area (Å²) in [5.74, 6) is 0.253. The molecule has 0 aliphatic carbocycles. The van der Waals surface area contributed by atoms with Gasteiger partial charge in [-0.2, -0.15) is 0 Å². The number of ether oxygens (including phenoxy) is 1. The number of carbonyl (C=O) groups is 1. The molecule has 0 radical (unpaired) electrons. The number of aromatic hydroxyl groups is 2. The maximum absolute atomic E-state index is 13.7. The van der Waals surface area contributed by atoms with Gasteiger partial charge in [-0.1, -0.05) is 41.6 Å². The Morgan fingerprint density at radius 1 is 0.720 bits per heavy atom. The van der Waals surface area contributed by atoms with E-state index in [1.165, 1.54) is 23.6 Å². The fourth-order valence-corrected chi connectivity index (χ4v) is 5.94. The third kappa shape index (κ3) is 6.56. The van der Waals surface area contributed by atoms with E-state index in [9.17, 15) is 24.6 Å². The molecule has 50 heavy (non-hydrogen) atoms. The smallest absolute Gasteiger partial charge is 0.308 e. The highest BCUT2D eigenvalue weighted by Crippen LogP contribution is 2.29. The first kappa shape index (κ1) is 31.9. The number of fused-ring (bicyclic) bond motifs is 2. The molecule has 0 aliphatic rings. The van der Waals surface area contributed by atoms with Crippen LogP contribution >= 0.6 is 0 Å². The van der Waals surface area contributed by atoms with Crippen LogP contribution in [-0.2, 0) is 24.4 Å². The van der Waals surface area contributed by atoms with Gasteiger partial charge in [-0.3, -0.25) is 28.2 Å². The van der Waals surface area contributed by atoms with Gasteiger partial charge in [0.15, 0.2) is 0 Å². The van der Waals surface area contributed by atoms with Crippen molar-refractivity contribution >= 4 is 27.8 Å². The Kier molecular flexibility index (Phi) is 8.61. The number of rotatable bonds is 10. The molecule has 0 amide bonds. The molecule has 0 saturated heterocycles. The Morgan fingerprint density at radius 3 is 2.06 bits per heavy atom. The summed E-state index contributed by atoms with van der Waals surface area (Å²) in [5, 5.41) is 30.0. The number of phenolic OH excluding ortho intramolecular Hbond substituents is 2. The average molecular weight is 670 g/mol. The molecular formula is C37H31N7O6. The minimum absolute atomic E-state index is 0.0601. The summed E-state index contributed by atoms with van der Waals surface area (Å²) < 4.78 is 9.97. The zero-order valence-corrected chi connectivity index (χ0v) is 26.9. The lowest BCUT2D eigenvalue weighted by molar-refractivity contribution is -0.131. The standard InChI is InChI=1S/C37H31N7O6/c1-23(45)50-29-19-25(18-28(47)20-29)35-39-32-13-4-2-11-30(32)36(48)43(35)16-7-6-15-42-21-26(40-41-42)22-44-34(24-9-8-10-27(46)17-24)38-33-14-5-3-12-31(33)37(44)49/h2-5,8-14,17-21,46-47H,6-7,15-16,22H2,1H3. The monoisotopic (exact) mass is 669 g/mol. The zero-order valence-electron chi connectivity index (χ0n) is 26.9. The second-order valence-electron chi connectivity index (χ2n) is 11.8. The van der Waals surface area contributed by atoms with Crippen LogP contribution in [0.2, 0.25) is 0 Å². The molecule has 0 aliphatic heterocycles. The number of benzene rings is 4. The number of nitrogens with zero attached hydrogens (tertiary/aromatic N) is 7. The first-order chi connectivity index (χ1) is 24.2. The number of hydrogen-bond acceptors (Lipinski definition) is 10. The second-order valence-corrected chi connectivity index (χ2v) is 11.8. The van der Waals surface area contributed by atoms with Crippen LogP contribution in [0.1, 0.15) is 25.5 Å². The quantitative estimate of drug-likeness (QED) is 0.116. The predicted octanol–water partition coefficient (Wildman–Crippen LogP) is 4.90.